The zero-order valence-electron chi connectivity index (χ0n) is 10.7. The van der Waals surface area contributed by atoms with Gasteiger partial charge in [-0.2, -0.15) is 0 Å². The maximum atomic E-state index is 13.9. The summed E-state index contributed by atoms with van der Waals surface area (Å²) in [7, 11) is 1.41. The Morgan fingerprint density at radius 3 is 2.95 bits per heavy atom. The Hall–Kier alpha value is -2.08. The minimum atomic E-state index is -1.08. The van der Waals surface area contributed by atoms with E-state index in [1.165, 1.54) is 31.1 Å². The molecule has 0 unspecified atom stereocenters. The van der Waals surface area contributed by atoms with Gasteiger partial charge in [0.15, 0.2) is 11.6 Å². The third-order valence-corrected chi connectivity index (χ3v) is 3.65. The smallest absolute Gasteiger partial charge is 0.354 e. The SMILES string of the molecule is COc1cccc(CSc2ccnc(C(=O)O)c2)c1F. The first-order valence-corrected chi connectivity index (χ1v) is 6.74. The van der Waals surface area contributed by atoms with Crippen molar-refractivity contribution >= 4 is 17.7 Å². The largest absolute Gasteiger partial charge is 0.494 e. The monoisotopic (exact) mass is 293 g/mol. The number of ether oxygens (including phenoxy) is 1. The van der Waals surface area contributed by atoms with Gasteiger partial charge in [0, 0.05) is 22.4 Å². The zero-order valence-corrected chi connectivity index (χ0v) is 11.5. The first-order chi connectivity index (χ1) is 9.61. The van der Waals surface area contributed by atoms with Crippen LogP contribution in [-0.4, -0.2) is 23.2 Å². The lowest BCUT2D eigenvalue weighted by atomic mass is 10.2. The highest BCUT2D eigenvalue weighted by Crippen LogP contribution is 2.27. The van der Waals surface area contributed by atoms with E-state index in [1.54, 1.807) is 24.3 Å². The van der Waals surface area contributed by atoms with E-state index >= 15 is 0 Å². The molecule has 4 nitrogen and oxygen atoms in total. The van der Waals surface area contributed by atoms with Crippen LogP contribution in [0.3, 0.4) is 0 Å². The fourth-order valence-corrected chi connectivity index (χ4v) is 2.50. The number of hydrogen-bond acceptors (Lipinski definition) is 4. The number of aromatic nitrogens is 1. The summed E-state index contributed by atoms with van der Waals surface area (Å²) >= 11 is 1.34. The summed E-state index contributed by atoms with van der Waals surface area (Å²) in [6, 6.07) is 8.09. The van der Waals surface area contributed by atoms with E-state index in [9.17, 15) is 9.18 Å². The zero-order chi connectivity index (χ0) is 14.5. The molecule has 0 amide bonds. The number of carbonyl (C=O) groups is 1. The number of nitrogens with zero attached hydrogens (tertiary/aromatic N) is 1. The summed E-state index contributed by atoms with van der Waals surface area (Å²) in [6.45, 7) is 0. The van der Waals surface area contributed by atoms with Crippen molar-refractivity contribution in [2.75, 3.05) is 7.11 Å². The van der Waals surface area contributed by atoms with Crippen molar-refractivity contribution < 1.29 is 19.0 Å². The third kappa shape index (κ3) is 3.27. The van der Waals surface area contributed by atoms with Crippen molar-refractivity contribution in [3.63, 3.8) is 0 Å². The number of carboxylic acids is 1. The Labute approximate surface area is 119 Å². The molecule has 0 fully saturated rings. The molecule has 1 aromatic carbocycles. The van der Waals surface area contributed by atoms with Gasteiger partial charge < -0.3 is 9.84 Å². The molecular weight excluding hydrogens is 281 g/mol. The number of benzene rings is 1. The van der Waals surface area contributed by atoms with Crippen LogP contribution in [0, 0.1) is 5.82 Å². The van der Waals surface area contributed by atoms with Gasteiger partial charge in [0.05, 0.1) is 7.11 Å². The molecule has 20 heavy (non-hydrogen) atoms. The fraction of sp³-hybridized carbons (Fsp3) is 0.143. The van der Waals surface area contributed by atoms with E-state index in [2.05, 4.69) is 4.98 Å². The first kappa shape index (κ1) is 14.3. The molecule has 6 heteroatoms. The quantitative estimate of drug-likeness (QED) is 0.858. The Morgan fingerprint density at radius 2 is 2.25 bits per heavy atom. The second-order valence-electron chi connectivity index (χ2n) is 3.90. The molecule has 1 aromatic heterocycles. The molecular formula is C14H12FNO3S. The molecule has 0 aliphatic carbocycles. The highest BCUT2D eigenvalue weighted by atomic mass is 32.2. The number of halogens is 1. The number of methoxy groups -OCH3 is 1. The number of hydrogen-bond donors (Lipinski definition) is 1. The number of carboxylic acid groups (broad SMARTS) is 1. The van der Waals surface area contributed by atoms with Crippen molar-refractivity contribution in [1.82, 2.24) is 4.98 Å². The van der Waals surface area contributed by atoms with Crippen LogP contribution in [0.2, 0.25) is 0 Å². The molecule has 0 saturated heterocycles. The summed E-state index contributed by atoms with van der Waals surface area (Å²) in [4.78, 5) is 15.3. The predicted molar refractivity (Wildman–Crippen MR) is 73.7 cm³/mol. The normalized spacial score (nSPS) is 10.3. The Kier molecular flexibility index (Phi) is 4.57. The van der Waals surface area contributed by atoms with Gasteiger partial charge in [0.1, 0.15) is 5.69 Å². The minimum Gasteiger partial charge on any atom is -0.494 e. The molecule has 0 spiro atoms. The Morgan fingerprint density at radius 1 is 1.45 bits per heavy atom. The lowest BCUT2D eigenvalue weighted by Gasteiger charge is -2.07. The van der Waals surface area contributed by atoms with E-state index in [1.807, 2.05) is 0 Å². The van der Waals surface area contributed by atoms with Crippen molar-refractivity contribution in [1.29, 1.82) is 0 Å². The number of pyridine rings is 1. The highest BCUT2D eigenvalue weighted by molar-refractivity contribution is 7.98. The van der Waals surface area contributed by atoms with Crippen molar-refractivity contribution in [3.8, 4) is 5.75 Å². The van der Waals surface area contributed by atoms with Crippen molar-refractivity contribution in [3.05, 3.63) is 53.6 Å². The van der Waals surface area contributed by atoms with E-state index in [0.717, 1.165) is 4.90 Å². The van der Waals surface area contributed by atoms with Crippen LogP contribution >= 0.6 is 11.8 Å². The first-order valence-electron chi connectivity index (χ1n) is 5.75. The summed E-state index contributed by atoms with van der Waals surface area (Å²) in [5.41, 5.74) is 0.476. The van der Waals surface area contributed by atoms with Gasteiger partial charge in [-0.05, 0) is 18.2 Å². The van der Waals surface area contributed by atoms with Gasteiger partial charge in [0.25, 0.3) is 0 Å². The maximum Gasteiger partial charge on any atom is 0.354 e. The molecule has 0 aliphatic rings. The second kappa shape index (κ2) is 6.38. The van der Waals surface area contributed by atoms with Gasteiger partial charge in [-0.15, -0.1) is 11.8 Å². The third-order valence-electron chi connectivity index (χ3n) is 2.61. The predicted octanol–water partition coefficient (Wildman–Crippen LogP) is 3.22. The van der Waals surface area contributed by atoms with E-state index in [0.29, 0.717) is 11.3 Å². The van der Waals surface area contributed by atoms with Gasteiger partial charge in [-0.3, -0.25) is 0 Å². The number of rotatable bonds is 5. The lowest BCUT2D eigenvalue weighted by Crippen LogP contribution is -1.99. The summed E-state index contributed by atoms with van der Waals surface area (Å²) in [6.07, 6.45) is 1.42. The van der Waals surface area contributed by atoms with Crippen LogP contribution in [-0.2, 0) is 5.75 Å². The molecule has 104 valence electrons. The second-order valence-corrected chi connectivity index (χ2v) is 4.95. The van der Waals surface area contributed by atoms with Crippen LogP contribution in [0.25, 0.3) is 0 Å². The summed E-state index contributed by atoms with van der Waals surface area (Å²) < 4.78 is 18.9. The molecule has 0 aliphatic heterocycles. The van der Waals surface area contributed by atoms with Gasteiger partial charge in [0.2, 0.25) is 0 Å². The average molecular weight is 293 g/mol. The maximum absolute atomic E-state index is 13.9. The molecule has 1 heterocycles. The molecule has 0 radical (unpaired) electrons. The van der Waals surface area contributed by atoms with Crippen molar-refractivity contribution in [2.45, 2.75) is 10.6 Å². The summed E-state index contributed by atoms with van der Waals surface area (Å²) in [5.74, 6) is -0.898. The van der Waals surface area contributed by atoms with E-state index in [4.69, 9.17) is 9.84 Å². The molecule has 2 aromatic rings. The van der Waals surface area contributed by atoms with E-state index < -0.39 is 11.8 Å². The highest BCUT2D eigenvalue weighted by Gasteiger charge is 2.10. The minimum absolute atomic E-state index is 0.0267. The van der Waals surface area contributed by atoms with Crippen LogP contribution < -0.4 is 4.74 Å². The average Bonchev–Trinajstić information content (AvgIpc) is 2.46. The van der Waals surface area contributed by atoms with Crippen molar-refractivity contribution in [2.24, 2.45) is 0 Å². The molecule has 1 N–H and O–H groups in total. The van der Waals surface area contributed by atoms with Crippen LogP contribution in [0.4, 0.5) is 4.39 Å². The number of thioether (sulfide) groups is 1. The Bertz CT molecular complexity index is 634. The van der Waals surface area contributed by atoms with Gasteiger partial charge in [-0.25, -0.2) is 14.2 Å². The fourth-order valence-electron chi connectivity index (χ4n) is 1.60. The molecule has 2 rings (SSSR count). The van der Waals surface area contributed by atoms with Gasteiger partial charge in [-0.1, -0.05) is 12.1 Å². The topological polar surface area (TPSA) is 59.4 Å². The standard InChI is InChI=1S/C14H12FNO3S/c1-19-12-4-2-3-9(13(12)15)8-20-10-5-6-16-11(7-10)14(17)18/h2-7H,8H2,1H3,(H,17,18). The lowest BCUT2D eigenvalue weighted by molar-refractivity contribution is 0.0690. The van der Waals surface area contributed by atoms with Crippen LogP contribution in [0.1, 0.15) is 16.1 Å². The van der Waals surface area contributed by atoms with Gasteiger partial charge >= 0.3 is 5.97 Å². The van der Waals surface area contributed by atoms with E-state index in [-0.39, 0.29) is 11.4 Å². The van der Waals surface area contributed by atoms with Crippen LogP contribution in [0.15, 0.2) is 41.4 Å². The molecule has 0 saturated carbocycles. The number of aromatic carboxylic acids is 1. The summed E-state index contributed by atoms with van der Waals surface area (Å²) in [5, 5.41) is 8.86. The Balaban J connectivity index is 2.13. The molecule has 0 atom stereocenters. The molecule has 0 bridgehead atoms. The van der Waals surface area contributed by atoms with Crippen LogP contribution in [0.5, 0.6) is 5.75 Å².